The average molecular weight is 453 g/mol. The number of carbonyl (C=O) groups excluding carboxylic acids is 1. The number of nitrogens with zero attached hydrogens (tertiary/aromatic N) is 2. The smallest absolute Gasteiger partial charge is 0.354 e. The second kappa shape index (κ2) is 10.4. The molecule has 1 amide bonds. The first-order chi connectivity index (χ1) is 15.8. The van der Waals surface area contributed by atoms with Crippen LogP contribution in [0.4, 0.5) is 0 Å². The number of carboxylic acids is 2. The predicted octanol–water partition coefficient (Wildman–Crippen LogP) is 1.42. The monoisotopic (exact) mass is 453 g/mol. The van der Waals surface area contributed by atoms with Crippen molar-refractivity contribution >= 4 is 17.8 Å². The number of aliphatic hydroxyl groups excluding tert-OH is 1. The van der Waals surface area contributed by atoms with E-state index in [-0.39, 0.29) is 24.4 Å². The number of ether oxygens (including phenoxy) is 1. The number of aliphatic hydroxyl groups is 1. The minimum atomic E-state index is -1.87. The molecule has 2 atom stereocenters. The average Bonchev–Trinajstić information content (AvgIpc) is 3.23. The highest BCUT2D eigenvalue weighted by Crippen LogP contribution is 2.16. The molecule has 0 spiro atoms. The molecule has 0 radical (unpaired) electrons. The van der Waals surface area contributed by atoms with Crippen molar-refractivity contribution in [3.63, 3.8) is 0 Å². The van der Waals surface area contributed by atoms with Gasteiger partial charge in [-0.05, 0) is 29.7 Å². The zero-order valence-corrected chi connectivity index (χ0v) is 17.7. The van der Waals surface area contributed by atoms with Crippen molar-refractivity contribution in [3.8, 4) is 5.75 Å². The van der Waals surface area contributed by atoms with Gasteiger partial charge in [0.15, 0.2) is 11.8 Å². The molecular weight excluding hydrogens is 430 g/mol. The van der Waals surface area contributed by atoms with Crippen LogP contribution in [0, 0.1) is 0 Å². The lowest BCUT2D eigenvalue weighted by atomic mass is 10.0. The number of benzene rings is 2. The SMILES string of the molecule is COc1cccc(Cn2nc(C(=O)N[C@H](Cc3ccccc3)[C@@H](O)C(=O)O)cc2C(=O)O)c1. The Morgan fingerprint density at radius 2 is 1.73 bits per heavy atom. The van der Waals surface area contributed by atoms with E-state index in [2.05, 4.69) is 10.4 Å². The number of hydrogen-bond donors (Lipinski definition) is 4. The van der Waals surface area contributed by atoms with E-state index in [1.54, 1.807) is 54.6 Å². The summed E-state index contributed by atoms with van der Waals surface area (Å²) in [6.45, 7) is 0.0668. The van der Waals surface area contributed by atoms with Gasteiger partial charge < -0.3 is 25.4 Å². The van der Waals surface area contributed by atoms with Crippen molar-refractivity contribution in [3.05, 3.63) is 83.2 Å². The van der Waals surface area contributed by atoms with Crippen LogP contribution in [0.3, 0.4) is 0 Å². The number of hydrogen-bond acceptors (Lipinski definition) is 6. The summed E-state index contributed by atoms with van der Waals surface area (Å²) in [5, 5.41) is 35.4. The van der Waals surface area contributed by atoms with Crippen LogP contribution < -0.4 is 10.1 Å². The maximum Gasteiger partial charge on any atom is 0.354 e. The fourth-order valence-corrected chi connectivity index (χ4v) is 3.29. The zero-order chi connectivity index (χ0) is 24.0. The molecule has 0 aliphatic carbocycles. The summed E-state index contributed by atoms with van der Waals surface area (Å²) in [6, 6.07) is 15.7. The molecule has 1 heterocycles. The lowest BCUT2D eigenvalue weighted by Crippen LogP contribution is -2.48. The van der Waals surface area contributed by atoms with Crippen LogP contribution in [0.2, 0.25) is 0 Å². The molecule has 0 aliphatic rings. The lowest BCUT2D eigenvalue weighted by Gasteiger charge is -2.21. The van der Waals surface area contributed by atoms with Gasteiger partial charge in [-0.1, -0.05) is 42.5 Å². The summed E-state index contributed by atoms with van der Waals surface area (Å²) in [5.41, 5.74) is 0.973. The molecule has 10 heteroatoms. The fraction of sp³-hybridized carbons (Fsp3) is 0.217. The Balaban J connectivity index is 1.84. The van der Waals surface area contributed by atoms with Gasteiger partial charge in [-0.3, -0.25) is 9.48 Å². The van der Waals surface area contributed by atoms with E-state index < -0.39 is 30.0 Å². The summed E-state index contributed by atoms with van der Waals surface area (Å²) in [4.78, 5) is 35.8. The summed E-state index contributed by atoms with van der Waals surface area (Å²) in [6.07, 6.45) is -1.82. The van der Waals surface area contributed by atoms with E-state index in [1.807, 2.05) is 0 Å². The molecule has 0 aliphatic heterocycles. The van der Waals surface area contributed by atoms with Crippen LogP contribution in [0.5, 0.6) is 5.75 Å². The molecule has 10 nitrogen and oxygen atoms in total. The molecule has 4 N–H and O–H groups in total. The molecule has 0 bridgehead atoms. The Hall–Kier alpha value is -4.18. The van der Waals surface area contributed by atoms with E-state index >= 15 is 0 Å². The second-order valence-corrected chi connectivity index (χ2v) is 7.28. The Kier molecular flexibility index (Phi) is 7.42. The Bertz CT molecular complexity index is 1140. The van der Waals surface area contributed by atoms with E-state index in [4.69, 9.17) is 4.74 Å². The van der Waals surface area contributed by atoms with Crippen LogP contribution in [0.25, 0.3) is 0 Å². The normalized spacial score (nSPS) is 12.5. The van der Waals surface area contributed by atoms with Gasteiger partial charge in [0, 0.05) is 6.07 Å². The number of carboxylic acid groups (broad SMARTS) is 2. The molecule has 3 aromatic rings. The number of aromatic carboxylic acids is 1. The molecule has 0 saturated heterocycles. The summed E-state index contributed by atoms with van der Waals surface area (Å²) >= 11 is 0. The summed E-state index contributed by atoms with van der Waals surface area (Å²) < 4.78 is 6.32. The van der Waals surface area contributed by atoms with Crippen LogP contribution in [0.1, 0.15) is 32.1 Å². The van der Waals surface area contributed by atoms with E-state index in [0.29, 0.717) is 16.9 Å². The second-order valence-electron chi connectivity index (χ2n) is 7.28. The van der Waals surface area contributed by atoms with E-state index in [0.717, 1.165) is 10.7 Å². The fourth-order valence-electron chi connectivity index (χ4n) is 3.29. The number of aromatic nitrogens is 2. The lowest BCUT2D eigenvalue weighted by molar-refractivity contribution is -0.148. The van der Waals surface area contributed by atoms with Crippen molar-refractivity contribution in [1.29, 1.82) is 0 Å². The maximum absolute atomic E-state index is 12.8. The minimum Gasteiger partial charge on any atom is -0.497 e. The van der Waals surface area contributed by atoms with Gasteiger partial charge in [0.05, 0.1) is 19.7 Å². The molecular formula is C23H23N3O7. The third-order valence-corrected chi connectivity index (χ3v) is 4.95. The Morgan fingerprint density at radius 1 is 1.03 bits per heavy atom. The summed E-state index contributed by atoms with van der Waals surface area (Å²) in [7, 11) is 1.51. The number of methoxy groups -OCH3 is 1. The first-order valence-electron chi connectivity index (χ1n) is 9.98. The van der Waals surface area contributed by atoms with Gasteiger partial charge in [0.25, 0.3) is 5.91 Å². The topological polar surface area (TPSA) is 151 Å². The van der Waals surface area contributed by atoms with Gasteiger partial charge in [0.2, 0.25) is 0 Å². The standard InChI is InChI=1S/C23H23N3O7/c1-33-16-9-5-8-15(10-16)13-26-19(22(29)30)12-18(25-26)21(28)24-17(20(27)23(31)32)11-14-6-3-2-4-7-14/h2-10,12,17,20,27H,11,13H2,1H3,(H,24,28)(H,29,30)(H,31,32)/t17-,20-/m1/s1. The first-order valence-corrected chi connectivity index (χ1v) is 9.98. The first kappa shape index (κ1) is 23.5. The zero-order valence-electron chi connectivity index (χ0n) is 17.7. The van der Waals surface area contributed by atoms with Crippen molar-refractivity contribution in [2.45, 2.75) is 25.1 Å². The van der Waals surface area contributed by atoms with Crippen molar-refractivity contribution in [1.82, 2.24) is 15.1 Å². The highest BCUT2D eigenvalue weighted by Gasteiger charge is 2.29. The molecule has 2 aromatic carbocycles. The van der Waals surface area contributed by atoms with Crippen LogP contribution in [-0.4, -0.2) is 62.2 Å². The van der Waals surface area contributed by atoms with Crippen molar-refractivity contribution < 1.29 is 34.4 Å². The van der Waals surface area contributed by atoms with Gasteiger partial charge in [0.1, 0.15) is 11.4 Å². The highest BCUT2D eigenvalue weighted by atomic mass is 16.5. The van der Waals surface area contributed by atoms with Gasteiger partial charge in [-0.15, -0.1) is 0 Å². The largest absolute Gasteiger partial charge is 0.497 e. The van der Waals surface area contributed by atoms with Gasteiger partial charge >= 0.3 is 11.9 Å². The van der Waals surface area contributed by atoms with E-state index in [9.17, 15) is 29.7 Å². The van der Waals surface area contributed by atoms with Crippen molar-refractivity contribution in [2.75, 3.05) is 7.11 Å². The number of rotatable bonds is 10. The molecule has 3 rings (SSSR count). The van der Waals surface area contributed by atoms with Crippen LogP contribution >= 0.6 is 0 Å². The molecule has 172 valence electrons. The third-order valence-electron chi connectivity index (χ3n) is 4.95. The number of amides is 1. The molecule has 1 aromatic heterocycles. The van der Waals surface area contributed by atoms with Crippen LogP contribution in [0.15, 0.2) is 60.7 Å². The van der Waals surface area contributed by atoms with Crippen molar-refractivity contribution in [2.24, 2.45) is 0 Å². The number of nitrogens with one attached hydrogen (secondary N) is 1. The Labute approximate surface area is 189 Å². The Morgan fingerprint density at radius 3 is 2.36 bits per heavy atom. The van der Waals surface area contributed by atoms with Crippen LogP contribution in [-0.2, 0) is 17.8 Å². The predicted molar refractivity (Wildman–Crippen MR) is 116 cm³/mol. The molecule has 0 unspecified atom stereocenters. The summed E-state index contributed by atoms with van der Waals surface area (Å²) in [5.74, 6) is -2.99. The number of carbonyl (C=O) groups is 3. The van der Waals surface area contributed by atoms with Gasteiger partial charge in [-0.25, -0.2) is 9.59 Å². The third kappa shape index (κ3) is 5.95. The minimum absolute atomic E-state index is 0.0519. The highest BCUT2D eigenvalue weighted by molar-refractivity contribution is 5.96. The molecule has 0 fully saturated rings. The van der Waals surface area contributed by atoms with Gasteiger partial charge in [-0.2, -0.15) is 5.10 Å². The quantitative estimate of drug-likeness (QED) is 0.360. The van der Waals surface area contributed by atoms with E-state index in [1.165, 1.54) is 7.11 Å². The molecule has 33 heavy (non-hydrogen) atoms. The molecule has 0 saturated carbocycles. The number of aliphatic carboxylic acids is 1. The maximum atomic E-state index is 12.8.